The van der Waals surface area contributed by atoms with Gasteiger partial charge in [-0.15, -0.1) is 0 Å². The molecule has 152 valence electrons. The van der Waals surface area contributed by atoms with E-state index in [0.29, 0.717) is 30.9 Å². The summed E-state index contributed by atoms with van der Waals surface area (Å²) >= 11 is 0. The molecule has 8 nitrogen and oxygen atoms in total. The zero-order valence-electron chi connectivity index (χ0n) is 16.6. The lowest BCUT2D eigenvalue weighted by Crippen LogP contribution is -2.35. The van der Waals surface area contributed by atoms with Crippen LogP contribution in [-0.2, 0) is 16.0 Å². The molecule has 28 heavy (non-hydrogen) atoms. The third-order valence-corrected chi connectivity index (χ3v) is 3.95. The Labute approximate surface area is 165 Å². The fourth-order valence-corrected chi connectivity index (χ4v) is 2.50. The van der Waals surface area contributed by atoms with E-state index < -0.39 is 17.9 Å². The molecule has 0 radical (unpaired) electrons. The number of carboxylic acids is 1. The molecule has 0 fully saturated rings. The van der Waals surface area contributed by atoms with Crippen LogP contribution in [0.2, 0.25) is 0 Å². The molecule has 0 heterocycles. The van der Waals surface area contributed by atoms with Crippen molar-refractivity contribution in [1.82, 2.24) is 10.6 Å². The van der Waals surface area contributed by atoms with E-state index in [1.807, 2.05) is 26.0 Å². The summed E-state index contributed by atoms with van der Waals surface area (Å²) in [7, 11) is 3.10. The van der Waals surface area contributed by atoms with Gasteiger partial charge in [0, 0.05) is 12.7 Å². The maximum absolute atomic E-state index is 12.2. The first-order valence-corrected chi connectivity index (χ1v) is 8.90. The smallest absolute Gasteiger partial charge is 0.326 e. The summed E-state index contributed by atoms with van der Waals surface area (Å²) in [5, 5.41) is 23.7. The molecule has 0 bridgehead atoms. The van der Waals surface area contributed by atoms with Gasteiger partial charge in [-0.3, -0.25) is 4.79 Å². The van der Waals surface area contributed by atoms with Crippen molar-refractivity contribution < 1.29 is 24.2 Å². The maximum Gasteiger partial charge on any atom is 0.326 e. The zero-order valence-corrected chi connectivity index (χ0v) is 16.6. The number of benzene rings is 1. The number of carbonyl (C=O) groups excluding carboxylic acids is 1. The molecule has 3 N–H and O–H groups in total. The molecule has 1 unspecified atom stereocenters. The SMILES string of the molecule is COc1ccc(CCNC(=O)/C(C#N)=C\NC(CC(C)C)C(=O)O)cc1OC. The van der Waals surface area contributed by atoms with Crippen molar-refractivity contribution >= 4 is 11.9 Å². The van der Waals surface area contributed by atoms with Gasteiger partial charge < -0.3 is 25.2 Å². The van der Waals surface area contributed by atoms with Crippen molar-refractivity contribution in [3.05, 3.63) is 35.5 Å². The van der Waals surface area contributed by atoms with Crippen LogP contribution >= 0.6 is 0 Å². The van der Waals surface area contributed by atoms with E-state index in [0.717, 1.165) is 11.8 Å². The molecule has 0 aromatic heterocycles. The van der Waals surface area contributed by atoms with Gasteiger partial charge in [0.1, 0.15) is 17.7 Å². The molecule has 1 aromatic carbocycles. The van der Waals surface area contributed by atoms with Crippen molar-refractivity contribution in [2.75, 3.05) is 20.8 Å². The Morgan fingerprint density at radius 2 is 1.93 bits per heavy atom. The van der Waals surface area contributed by atoms with Crippen molar-refractivity contribution in [3.8, 4) is 17.6 Å². The van der Waals surface area contributed by atoms with Gasteiger partial charge in [-0.05, 0) is 36.5 Å². The number of ether oxygens (including phenoxy) is 2. The molecule has 8 heteroatoms. The molecular weight excluding hydrogens is 362 g/mol. The van der Waals surface area contributed by atoms with E-state index in [1.165, 1.54) is 0 Å². The highest BCUT2D eigenvalue weighted by atomic mass is 16.5. The van der Waals surface area contributed by atoms with Crippen molar-refractivity contribution in [2.45, 2.75) is 32.7 Å². The van der Waals surface area contributed by atoms with Crippen LogP contribution in [-0.4, -0.2) is 43.8 Å². The van der Waals surface area contributed by atoms with Crippen molar-refractivity contribution in [1.29, 1.82) is 5.26 Å². The summed E-state index contributed by atoms with van der Waals surface area (Å²) in [4.78, 5) is 23.4. The minimum atomic E-state index is -1.03. The third-order valence-electron chi connectivity index (χ3n) is 3.95. The number of hydrogen-bond donors (Lipinski definition) is 3. The predicted molar refractivity (Wildman–Crippen MR) is 104 cm³/mol. The summed E-state index contributed by atoms with van der Waals surface area (Å²) < 4.78 is 10.4. The Hall–Kier alpha value is -3.21. The summed E-state index contributed by atoms with van der Waals surface area (Å²) in [6.07, 6.45) is 2.07. The fraction of sp³-hybridized carbons (Fsp3) is 0.450. The number of carbonyl (C=O) groups is 2. The van der Waals surface area contributed by atoms with E-state index in [-0.39, 0.29) is 11.5 Å². The normalized spacial score (nSPS) is 12.1. The summed E-state index contributed by atoms with van der Waals surface area (Å²) in [5.74, 6) is -0.230. The Balaban J connectivity index is 2.65. The first-order valence-electron chi connectivity index (χ1n) is 8.90. The fourth-order valence-electron chi connectivity index (χ4n) is 2.50. The number of carboxylic acid groups (broad SMARTS) is 1. The number of nitrogens with one attached hydrogen (secondary N) is 2. The maximum atomic E-state index is 12.2. The largest absolute Gasteiger partial charge is 0.493 e. The Morgan fingerprint density at radius 3 is 2.46 bits per heavy atom. The average Bonchev–Trinajstić information content (AvgIpc) is 2.66. The second-order valence-corrected chi connectivity index (χ2v) is 6.55. The summed E-state index contributed by atoms with van der Waals surface area (Å²) in [6, 6.07) is 6.39. The van der Waals surface area contributed by atoms with Gasteiger partial charge in [-0.1, -0.05) is 19.9 Å². The highest BCUT2D eigenvalue weighted by Crippen LogP contribution is 2.27. The Bertz CT molecular complexity index is 753. The first kappa shape index (κ1) is 22.8. The van der Waals surface area contributed by atoms with Crippen LogP contribution in [0.5, 0.6) is 11.5 Å². The van der Waals surface area contributed by atoms with E-state index in [1.54, 1.807) is 26.4 Å². The predicted octanol–water partition coefficient (Wildman–Crippen LogP) is 1.86. The lowest BCUT2D eigenvalue weighted by Gasteiger charge is -2.15. The molecule has 1 aromatic rings. The van der Waals surface area contributed by atoms with Crippen molar-refractivity contribution in [3.63, 3.8) is 0 Å². The van der Waals surface area contributed by atoms with Gasteiger partial charge in [0.15, 0.2) is 11.5 Å². The van der Waals surface area contributed by atoms with Gasteiger partial charge in [0.05, 0.1) is 14.2 Å². The number of methoxy groups -OCH3 is 2. The van der Waals surface area contributed by atoms with Gasteiger partial charge in [0.25, 0.3) is 5.91 Å². The molecule has 0 spiro atoms. The second kappa shape index (κ2) is 11.5. The number of nitrogens with zero attached hydrogens (tertiary/aromatic N) is 1. The molecular formula is C20H27N3O5. The highest BCUT2D eigenvalue weighted by molar-refractivity contribution is 5.97. The first-order chi connectivity index (χ1) is 13.3. The van der Waals surface area contributed by atoms with Crippen molar-refractivity contribution in [2.24, 2.45) is 5.92 Å². The molecule has 1 rings (SSSR count). The number of nitriles is 1. The van der Waals surface area contributed by atoms with Crippen LogP contribution in [0.25, 0.3) is 0 Å². The molecule has 0 saturated carbocycles. The highest BCUT2D eigenvalue weighted by Gasteiger charge is 2.18. The van der Waals surface area contributed by atoms with E-state index >= 15 is 0 Å². The number of amides is 1. The molecule has 0 aliphatic carbocycles. The molecule has 1 amide bonds. The summed E-state index contributed by atoms with van der Waals surface area (Å²) in [6.45, 7) is 4.10. The van der Waals surface area contributed by atoms with Crippen LogP contribution in [0.3, 0.4) is 0 Å². The lowest BCUT2D eigenvalue weighted by molar-refractivity contribution is -0.139. The molecule has 0 saturated heterocycles. The standard InChI is InChI=1S/C20H27N3O5/c1-13(2)9-16(20(25)26)23-12-15(11-21)19(24)22-8-7-14-5-6-17(27-3)18(10-14)28-4/h5-6,10,12-13,16,23H,7-9H2,1-4H3,(H,22,24)(H,25,26)/b15-12-. The Kier molecular flexibility index (Phi) is 9.37. The van der Waals surface area contributed by atoms with Crippen LogP contribution in [0.4, 0.5) is 0 Å². The second-order valence-electron chi connectivity index (χ2n) is 6.55. The van der Waals surface area contributed by atoms with E-state index in [9.17, 15) is 20.0 Å². The molecule has 0 aliphatic heterocycles. The van der Waals surface area contributed by atoms with Gasteiger partial charge >= 0.3 is 5.97 Å². The summed E-state index contributed by atoms with van der Waals surface area (Å²) in [5.41, 5.74) is 0.753. The molecule has 0 aliphatic rings. The van der Waals surface area contributed by atoms with Crippen LogP contribution < -0.4 is 20.1 Å². The van der Waals surface area contributed by atoms with Crippen LogP contribution in [0, 0.1) is 17.2 Å². The van der Waals surface area contributed by atoms with Crippen LogP contribution in [0.15, 0.2) is 30.0 Å². The Morgan fingerprint density at radius 1 is 1.25 bits per heavy atom. The monoisotopic (exact) mass is 389 g/mol. The zero-order chi connectivity index (χ0) is 21.1. The van der Waals surface area contributed by atoms with E-state index in [4.69, 9.17) is 9.47 Å². The lowest BCUT2D eigenvalue weighted by atomic mass is 10.0. The number of hydrogen-bond acceptors (Lipinski definition) is 6. The van der Waals surface area contributed by atoms with Gasteiger partial charge in [-0.2, -0.15) is 5.26 Å². The number of aliphatic carboxylic acids is 1. The number of rotatable bonds is 11. The van der Waals surface area contributed by atoms with E-state index in [2.05, 4.69) is 10.6 Å². The minimum absolute atomic E-state index is 0.155. The van der Waals surface area contributed by atoms with Crippen LogP contribution in [0.1, 0.15) is 25.8 Å². The third kappa shape index (κ3) is 7.19. The minimum Gasteiger partial charge on any atom is -0.493 e. The van der Waals surface area contributed by atoms with Gasteiger partial charge in [-0.25, -0.2) is 4.79 Å². The topological polar surface area (TPSA) is 121 Å². The average molecular weight is 389 g/mol. The van der Waals surface area contributed by atoms with Gasteiger partial charge in [0.2, 0.25) is 0 Å². The molecule has 1 atom stereocenters. The quantitative estimate of drug-likeness (QED) is 0.390.